The number of halogens is 1. The maximum Gasteiger partial charge on any atom is 0.128 e. The summed E-state index contributed by atoms with van der Waals surface area (Å²) in [5.41, 5.74) is 6.98. The van der Waals surface area contributed by atoms with E-state index >= 15 is 0 Å². The highest BCUT2D eigenvalue weighted by atomic mass is 19.1. The van der Waals surface area contributed by atoms with E-state index in [1.807, 2.05) is 13.0 Å². The molecule has 0 spiro atoms. The molecule has 0 aromatic heterocycles. The zero-order chi connectivity index (χ0) is 9.14. The van der Waals surface area contributed by atoms with E-state index in [2.05, 4.69) is 6.58 Å². The van der Waals surface area contributed by atoms with Crippen LogP contribution in [0.2, 0.25) is 0 Å². The van der Waals surface area contributed by atoms with E-state index in [0.717, 1.165) is 5.56 Å². The molecule has 1 aromatic carbocycles. The van der Waals surface area contributed by atoms with E-state index in [0.29, 0.717) is 5.56 Å². The Bertz CT molecular complexity index is 294. The third-order valence-electron chi connectivity index (χ3n) is 1.77. The van der Waals surface area contributed by atoms with Crippen molar-refractivity contribution in [1.29, 1.82) is 0 Å². The lowest BCUT2D eigenvalue weighted by atomic mass is 10.1. The van der Waals surface area contributed by atoms with Crippen molar-refractivity contribution in [2.24, 2.45) is 5.73 Å². The van der Waals surface area contributed by atoms with Crippen molar-refractivity contribution in [2.75, 3.05) is 0 Å². The van der Waals surface area contributed by atoms with Gasteiger partial charge in [0, 0.05) is 5.56 Å². The zero-order valence-corrected chi connectivity index (χ0v) is 7.05. The molecule has 1 rings (SSSR count). The second-order valence-corrected chi connectivity index (χ2v) is 2.79. The van der Waals surface area contributed by atoms with Gasteiger partial charge in [0.15, 0.2) is 0 Å². The molecule has 1 atom stereocenters. The number of benzene rings is 1. The molecule has 0 aliphatic heterocycles. The lowest BCUT2D eigenvalue weighted by Gasteiger charge is -2.07. The minimum Gasteiger partial charge on any atom is -0.321 e. The Morgan fingerprint density at radius 3 is 2.75 bits per heavy atom. The summed E-state index contributed by atoms with van der Waals surface area (Å²) in [7, 11) is 0. The van der Waals surface area contributed by atoms with Crippen LogP contribution < -0.4 is 5.73 Å². The summed E-state index contributed by atoms with van der Waals surface area (Å²) >= 11 is 0. The first-order valence-electron chi connectivity index (χ1n) is 3.79. The summed E-state index contributed by atoms with van der Waals surface area (Å²) in [4.78, 5) is 0. The van der Waals surface area contributed by atoms with Gasteiger partial charge < -0.3 is 5.73 Å². The topological polar surface area (TPSA) is 26.0 Å². The molecule has 1 nitrogen and oxygen atoms in total. The Labute approximate surface area is 71.7 Å². The van der Waals surface area contributed by atoms with Crippen LogP contribution in [-0.4, -0.2) is 0 Å². The van der Waals surface area contributed by atoms with E-state index < -0.39 is 6.04 Å². The standard InChI is InChI=1S/C10H12FN/c1-3-10(12)8-5-4-7(2)6-9(8)11/h3-6,10H,1,12H2,2H3/t10-/m0/s1. The quantitative estimate of drug-likeness (QED) is 0.669. The largest absolute Gasteiger partial charge is 0.321 e. The monoisotopic (exact) mass is 165 g/mol. The van der Waals surface area contributed by atoms with Crippen molar-refractivity contribution >= 4 is 0 Å². The molecular formula is C10H12FN. The van der Waals surface area contributed by atoms with Gasteiger partial charge >= 0.3 is 0 Å². The first-order valence-corrected chi connectivity index (χ1v) is 3.79. The number of hydrogen-bond donors (Lipinski definition) is 1. The Kier molecular flexibility index (Phi) is 2.61. The van der Waals surface area contributed by atoms with Crippen LogP contribution in [0.3, 0.4) is 0 Å². The first-order chi connectivity index (χ1) is 5.65. The molecule has 0 radical (unpaired) electrons. The van der Waals surface area contributed by atoms with Crippen LogP contribution in [0, 0.1) is 12.7 Å². The summed E-state index contributed by atoms with van der Waals surface area (Å²) < 4.78 is 13.2. The molecule has 2 heteroatoms. The highest BCUT2D eigenvalue weighted by Crippen LogP contribution is 2.16. The third kappa shape index (κ3) is 1.71. The van der Waals surface area contributed by atoms with Gasteiger partial charge in [-0.3, -0.25) is 0 Å². The van der Waals surface area contributed by atoms with Crippen LogP contribution in [-0.2, 0) is 0 Å². The molecule has 0 aliphatic carbocycles. The van der Waals surface area contributed by atoms with Crippen molar-refractivity contribution < 1.29 is 4.39 Å². The van der Waals surface area contributed by atoms with Crippen molar-refractivity contribution in [2.45, 2.75) is 13.0 Å². The average Bonchev–Trinajstić information content (AvgIpc) is 2.03. The molecule has 0 saturated heterocycles. The van der Waals surface area contributed by atoms with Gasteiger partial charge in [0.2, 0.25) is 0 Å². The summed E-state index contributed by atoms with van der Waals surface area (Å²) in [6, 6.07) is 4.59. The smallest absolute Gasteiger partial charge is 0.128 e. The highest BCUT2D eigenvalue weighted by Gasteiger charge is 2.06. The predicted octanol–water partition coefficient (Wildman–Crippen LogP) is 2.32. The maximum atomic E-state index is 13.2. The molecule has 0 amide bonds. The van der Waals surface area contributed by atoms with E-state index in [-0.39, 0.29) is 5.82 Å². The molecule has 64 valence electrons. The van der Waals surface area contributed by atoms with E-state index in [4.69, 9.17) is 5.73 Å². The molecule has 1 aromatic rings. The third-order valence-corrected chi connectivity index (χ3v) is 1.77. The van der Waals surface area contributed by atoms with Gasteiger partial charge in [0.1, 0.15) is 5.82 Å². The minimum atomic E-state index is -0.411. The molecule has 0 bridgehead atoms. The second-order valence-electron chi connectivity index (χ2n) is 2.79. The van der Waals surface area contributed by atoms with Crippen LogP contribution in [0.4, 0.5) is 4.39 Å². The first kappa shape index (κ1) is 8.94. The molecular weight excluding hydrogens is 153 g/mol. The van der Waals surface area contributed by atoms with Gasteiger partial charge in [-0.2, -0.15) is 0 Å². The second kappa shape index (κ2) is 3.50. The molecule has 0 unspecified atom stereocenters. The summed E-state index contributed by atoms with van der Waals surface area (Å²) in [5.74, 6) is -0.262. The average molecular weight is 165 g/mol. The van der Waals surface area contributed by atoms with E-state index in [9.17, 15) is 4.39 Å². The van der Waals surface area contributed by atoms with E-state index in [1.54, 1.807) is 6.07 Å². The van der Waals surface area contributed by atoms with Crippen LogP contribution in [0.5, 0.6) is 0 Å². The SMILES string of the molecule is C=C[C@H](N)c1ccc(C)cc1F. The summed E-state index contributed by atoms with van der Waals surface area (Å²) in [6.07, 6.45) is 1.52. The normalized spacial score (nSPS) is 12.6. The molecule has 0 fully saturated rings. The van der Waals surface area contributed by atoms with Crippen LogP contribution in [0.15, 0.2) is 30.9 Å². The minimum absolute atomic E-state index is 0.262. The van der Waals surface area contributed by atoms with Gasteiger partial charge in [0.25, 0.3) is 0 Å². The predicted molar refractivity (Wildman–Crippen MR) is 48.3 cm³/mol. The number of aryl methyl sites for hydroxylation is 1. The Balaban J connectivity index is 3.09. The van der Waals surface area contributed by atoms with Crippen molar-refractivity contribution in [1.82, 2.24) is 0 Å². The van der Waals surface area contributed by atoms with Crippen LogP contribution in [0.1, 0.15) is 17.2 Å². The van der Waals surface area contributed by atoms with Gasteiger partial charge in [0.05, 0.1) is 6.04 Å². The van der Waals surface area contributed by atoms with Crippen molar-refractivity contribution in [3.8, 4) is 0 Å². The highest BCUT2D eigenvalue weighted by molar-refractivity contribution is 5.27. The molecule has 2 N–H and O–H groups in total. The van der Waals surface area contributed by atoms with Gasteiger partial charge in [-0.05, 0) is 18.6 Å². The van der Waals surface area contributed by atoms with Gasteiger partial charge in [-0.25, -0.2) is 4.39 Å². The maximum absolute atomic E-state index is 13.2. The fraction of sp³-hybridized carbons (Fsp3) is 0.200. The fourth-order valence-corrected chi connectivity index (χ4v) is 1.03. The number of nitrogens with two attached hydrogens (primary N) is 1. The molecule has 0 saturated carbocycles. The summed E-state index contributed by atoms with van der Waals surface area (Å²) in [5, 5.41) is 0. The van der Waals surface area contributed by atoms with E-state index in [1.165, 1.54) is 12.1 Å². The lowest BCUT2D eigenvalue weighted by molar-refractivity contribution is 0.601. The summed E-state index contributed by atoms with van der Waals surface area (Å²) in [6.45, 7) is 5.35. The molecule has 0 heterocycles. The number of rotatable bonds is 2. The van der Waals surface area contributed by atoms with Crippen molar-refractivity contribution in [3.05, 3.63) is 47.8 Å². The zero-order valence-electron chi connectivity index (χ0n) is 7.05. The molecule has 0 aliphatic rings. The van der Waals surface area contributed by atoms with Crippen LogP contribution in [0.25, 0.3) is 0 Å². The molecule has 12 heavy (non-hydrogen) atoms. The lowest BCUT2D eigenvalue weighted by Crippen LogP contribution is -2.08. The van der Waals surface area contributed by atoms with Crippen LogP contribution >= 0.6 is 0 Å². The Morgan fingerprint density at radius 2 is 2.25 bits per heavy atom. The van der Waals surface area contributed by atoms with Crippen molar-refractivity contribution in [3.63, 3.8) is 0 Å². The van der Waals surface area contributed by atoms with Gasteiger partial charge in [-0.15, -0.1) is 6.58 Å². The van der Waals surface area contributed by atoms with Gasteiger partial charge in [-0.1, -0.05) is 18.2 Å². The number of hydrogen-bond acceptors (Lipinski definition) is 1. The fourth-order valence-electron chi connectivity index (χ4n) is 1.03. The Morgan fingerprint density at radius 1 is 1.58 bits per heavy atom. The Hall–Kier alpha value is -1.15.